The van der Waals surface area contributed by atoms with Gasteiger partial charge in [-0.25, -0.2) is 4.39 Å². The number of ether oxygens (including phenoxy) is 1. The van der Waals surface area contributed by atoms with E-state index in [1.54, 1.807) is 12.1 Å². The van der Waals surface area contributed by atoms with Crippen LogP contribution in [0.5, 0.6) is 0 Å². The summed E-state index contributed by atoms with van der Waals surface area (Å²) in [5, 5.41) is 3.45. The van der Waals surface area contributed by atoms with Gasteiger partial charge in [0.2, 0.25) is 0 Å². The fourth-order valence-corrected chi connectivity index (χ4v) is 2.83. The third-order valence-corrected chi connectivity index (χ3v) is 4.27. The van der Waals surface area contributed by atoms with Crippen molar-refractivity contribution >= 4 is 0 Å². The molecule has 0 bridgehead atoms. The van der Waals surface area contributed by atoms with Crippen LogP contribution in [-0.4, -0.2) is 12.3 Å². The molecule has 2 aromatic rings. The Balaban J connectivity index is 1.63. The van der Waals surface area contributed by atoms with Crippen LogP contribution in [0.4, 0.5) is 4.39 Å². The highest BCUT2D eigenvalue weighted by Crippen LogP contribution is 2.23. The lowest BCUT2D eigenvalue weighted by Crippen LogP contribution is -2.47. The number of piperidine rings is 1. The van der Waals surface area contributed by atoms with Crippen molar-refractivity contribution in [2.75, 3.05) is 6.54 Å². The molecule has 0 aromatic heterocycles. The second kappa shape index (κ2) is 6.59. The first-order valence-corrected chi connectivity index (χ1v) is 7.89. The molecule has 1 atom stereocenters. The van der Waals surface area contributed by atoms with E-state index in [1.165, 1.54) is 25.0 Å². The van der Waals surface area contributed by atoms with Gasteiger partial charge in [0.05, 0.1) is 6.61 Å². The van der Waals surface area contributed by atoms with Gasteiger partial charge in [0.15, 0.2) is 0 Å². The van der Waals surface area contributed by atoms with Crippen molar-refractivity contribution in [1.29, 1.82) is 0 Å². The highest BCUT2D eigenvalue weighted by Gasteiger charge is 2.26. The molecular formula is C19H22FNO. The molecule has 1 fully saturated rings. The van der Waals surface area contributed by atoms with Crippen LogP contribution in [0, 0.1) is 5.82 Å². The van der Waals surface area contributed by atoms with Crippen molar-refractivity contribution in [3.63, 3.8) is 0 Å². The molecular weight excluding hydrogens is 277 g/mol. The van der Waals surface area contributed by atoms with E-state index in [-0.39, 0.29) is 11.5 Å². The Kier molecular flexibility index (Phi) is 4.55. The van der Waals surface area contributed by atoms with Crippen LogP contribution in [0.3, 0.4) is 0 Å². The first kappa shape index (κ1) is 15.2. The Morgan fingerprint density at radius 2 is 1.64 bits per heavy atom. The Morgan fingerprint density at radius 1 is 1.00 bits per heavy atom. The zero-order valence-electron chi connectivity index (χ0n) is 12.9. The topological polar surface area (TPSA) is 21.3 Å². The van der Waals surface area contributed by atoms with Crippen LogP contribution in [0.2, 0.25) is 0 Å². The maximum absolute atomic E-state index is 13.0. The third kappa shape index (κ3) is 3.73. The molecule has 1 heterocycles. The fourth-order valence-electron chi connectivity index (χ4n) is 2.83. The maximum atomic E-state index is 13.0. The molecule has 0 aliphatic carbocycles. The van der Waals surface area contributed by atoms with Crippen molar-refractivity contribution < 1.29 is 9.13 Å². The zero-order valence-corrected chi connectivity index (χ0v) is 12.9. The first-order chi connectivity index (χ1) is 10.6. The Hall–Kier alpha value is -1.71. The smallest absolute Gasteiger partial charge is 0.123 e. The normalized spacial score (nSPS) is 21.7. The van der Waals surface area contributed by atoms with Crippen molar-refractivity contribution in [3.8, 4) is 11.1 Å². The Bertz CT molecular complexity index is 600. The molecule has 2 aromatic carbocycles. The van der Waals surface area contributed by atoms with E-state index >= 15 is 0 Å². The van der Waals surface area contributed by atoms with E-state index in [0.29, 0.717) is 6.61 Å². The number of hydrogen-bond donors (Lipinski definition) is 1. The van der Waals surface area contributed by atoms with Crippen molar-refractivity contribution in [3.05, 3.63) is 59.9 Å². The number of nitrogens with one attached hydrogen (secondary N) is 1. The van der Waals surface area contributed by atoms with Gasteiger partial charge in [-0.05, 0) is 61.6 Å². The lowest BCUT2D eigenvalue weighted by atomic mass is 10.0. The van der Waals surface area contributed by atoms with E-state index < -0.39 is 0 Å². The quantitative estimate of drug-likeness (QED) is 0.897. The van der Waals surface area contributed by atoms with Crippen LogP contribution < -0.4 is 5.32 Å². The third-order valence-electron chi connectivity index (χ3n) is 4.27. The molecule has 1 aliphatic heterocycles. The van der Waals surface area contributed by atoms with E-state index in [4.69, 9.17) is 4.74 Å². The minimum atomic E-state index is -0.206. The molecule has 22 heavy (non-hydrogen) atoms. The fraction of sp³-hybridized carbons (Fsp3) is 0.368. The summed E-state index contributed by atoms with van der Waals surface area (Å²) in [5.41, 5.74) is 3.06. The van der Waals surface area contributed by atoms with Gasteiger partial charge >= 0.3 is 0 Å². The molecule has 3 rings (SSSR count). The Labute approximate surface area is 131 Å². The first-order valence-electron chi connectivity index (χ1n) is 7.89. The van der Waals surface area contributed by atoms with Crippen molar-refractivity contribution in [2.45, 2.75) is 38.5 Å². The lowest BCUT2D eigenvalue weighted by Gasteiger charge is -2.34. The highest BCUT2D eigenvalue weighted by atomic mass is 19.1. The van der Waals surface area contributed by atoms with Gasteiger partial charge in [0.1, 0.15) is 11.5 Å². The highest BCUT2D eigenvalue weighted by molar-refractivity contribution is 5.63. The molecule has 3 heteroatoms. The maximum Gasteiger partial charge on any atom is 0.123 e. The monoisotopic (exact) mass is 299 g/mol. The van der Waals surface area contributed by atoms with E-state index in [1.807, 2.05) is 0 Å². The van der Waals surface area contributed by atoms with Crippen molar-refractivity contribution in [2.24, 2.45) is 0 Å². The molecule has 0 amide bonds. The summed E-state index contributed by atoms with van der Waals surface area (Å²) in [5.74, 6) is -0.206. The molecule has 1 aliphatic rings. The van der Waals surface area contributed by atoms with Gasteiger partial charge in [0.25, 0.3) is 0 Å². The predicted molar refractivity (Wildman–Crippen MR) is 86.9 cm³/mol. The van der Waals surface area contributed by atoms with Gasteiger partial charge < -0.3 is 4.74 Å². The number of rotatable bonds is 4. The van der Waals surface area contributed by atoms with Gasteiger partial charge in [-0.2, -0.15) is 0 Å². The second-order valence-electron chi connectivity index (χ2n) is 6.11. The van der Waals surface area contributed by atoms with E-state index in [2.05, 4.69) is 36.5 Å². The summed E-state index contributed by atoms with van der Waals surface area (Å²) < 4.78 is 19.0. The van der Waals surface area contributed by atoms with Crippen LogP contribution in [-0.2, 0) is 11.3 Å². The van der Waals surface area contributed by atoms with Crippen LogP contribution in [0.25, 0.3) is 11.1 Å². The van der Waals surface area contributed by atoms with Crippen LogP contribution in [0.15, 0.2) is 48.5 Å². The van der Waals surface area contributed by atoms with Crippen LogP contribution >= 0.6 is 0 Å². The number of hydrogen-bond acceptors (Lipinski definition) is 2. The molecule has 1 unspecified atom stereocenters. The van der Waals surface area contributed by atoms with Gasteiger partial charge in [0, 0.05) is 0 Å². The summed E-state index contributed by atoms with van der Waals surface area (Å²) in [7, 11) is 0. The Morgan fingerprint density at radius 3 is 2.23 bits per heavy atom. The number of halogens is 1. The second-order valence-corrected chi connectivity index (χ2v) is 6.11. The lowest BCUT2D eigenvalue weighted by molar-refractivity contribution is -0.0838. The summed E-state index contributed by atoms with van der Waals surface area (Å²) in [6.45, 7) is 3.76. The van der Waals surface area contributed by atoms with Gasteiger partial charge in [-0.1, -0.05) is 36.4 Å². The van der Waals surface area contributed by atoms with E-state index in [0.717, 1.165) is 29.7 Å². The zero-order chi connectivity index (χ0) is 15.4. The molecule has 0 saturated carbocycles. The predicted octanol–water partition coefficient (Wildman–Crippen LogP) is 4.50. The minimum absolute atomic E-state index is 0.201. The molecule has 0 radical (unpaired) electrons. The molecule has 2 nitrogen and oxygen atoms in total. The molecule has 0 spiro atoms. The standard InChI is InChI=1S/C19H22FNO/c1-19(12-2-3-13-21-19)22-14-15-4-6-16(7-5-15)17-8-10-18(20)11-9-17/h4-11,21H,2-3,12-14H2,1H3. The minimum Gasteiger partial charge on any atom is -0.356 e. The molecule has 1 N–H and O–H groups in total. The summed E-state index contributed by atoms with van der Waals surface area (Å²) in [4.78, 5) is 0. The van der Waals surface area contributed by atoms with E-state index in [9.17, 15) is 4.39 Å². The average molecular weight is 299 g/mol. The molecule has 116 valence electrons. The number of benzene rings is 2. The van der Waals surface area contributed by atoms with Crippen LogP contribution in [0.1, 0.15) is 31.7 Å². The summed E-state index contributed by atoms with van der Waals surface area (Å²) in [6, 6.07) is 14.8. The molecule has 1 saturated heterocycles. The van der Waals surface area contributed by atoms with Gasteiger partial charge in [-0.3, -0.25) is 5.32 Å². The summed E-state index contributed by atoms with van der Waals surface area (Å²) in [6.07, 6.45) is 3.50. The van der Waals surface area contributed by atoms with Gasteiger partial charge in [-0.15, -0.1) is 0 Å². The SMILES string of the molecule is CC1(OCc2ccc(-c3ccc(F)cc3)cc2)CCCCN1. The summed E-state index contributed by atoms with van der Waals surface area (Å²) >= 11 is 0. The largest absolute Gasteiger partial charge is 0.356 e. The average Bonchev–Trinajstić information content (AvgIpc) is 2.55. The van der Waals surface area contributed by atoms with Crippen molar-refractivity contribution in [1.82, 2.24) is 5.32 Å².